The van der Waals surface area contributed by atoms with E-state index in [0.29, 0.717) is 0 Å². The molecule has 0 saturated heterocycles. The summed E-state index contributed by atoms with van der Waals surface area (Å²) in [5.41, 5.74) is 6.39. The van der Waals surface area contributed by atoms with Gasteiger partial charge in [-0.05, 0) is 29.2 Å². The number of phosphoric acid groups is 1. The van der Waals surface area contributed by atoms with Crippen LogP contribution in [0.3, 0.4) is 0 Å². The van der Waals surface area contributed by atoms with E-state index in [0.717, 1.165) is 0 Å². The minimum atomic E-state index is -4.64. The summed E-state index contributed by atoms with van der Waals surface area (Å²) in [5.74, 6) is 0. The van der Waals surface area contributed by atoms with Gasteiger partial charge in [0.25, 0.3) is 0 Å². The largest absolute Gasteiger partial charge is 0.466 e. The van der Waals surface area contributed by atoms with Crippen molar-refractivity contribution in [3.05, 3.63) is 84.4 Å². The third-order valence-electron chi connectivity index (χ3n) is 3.37. The quantitative estimate of drug-likeness (QED) is 0.603. The molecule has 3 aromatic carbocycles. The van der Waals surface area contributed by atoms with Crippen LogP contribution in [0.1, 0.15) is 5.56 Å². The first-order valence-electron chi connectivity index (χ1n) is 7.34. The van der Waals surface area contributed by atoms with Gasteiger partial charge in [-0.1, -0.05) is 84.4 Å². The molecular weight excluding hydrogens is 323 g/mol. The molecule has 0 radical (unpaired) electrons. The Morgan fingerprint density at radius 1 is 0.625 bits per heavy atom. The highest BCUT2D eigenvalue weighted by Crippen LogP contribution is 2.31. The highest BCUT2D eigenvalue weighted by molar-refractivity contribution is 7.45. The summed E-state index contributed by atoms with van der Waals surface area (Å²) in [6.45, 7) is 2.12. The molecule has 0 saturated carbocycles. The average molecular weight is 342 g/mol. The predicted octanol–water partition coefficient (Wildman–Crippen LogP) is 4.40. The van der Waals surface area contributed by atoms with Crippen molar-refractivity contribution in [2.45, 2.75) is 6.92 Å². The fraction of sp³-hybridized carbons (Fsp3) is 0.0526. The van der Waals surface area contributed by atoms with Crippen LogP contribution in [-0.2, 0) is 4.57 Å². The van der Waals surface area contributed by atoms with Crippen molar-refractivity contribution < 1.29 is 19.2 Å². The van der Waals surface area contributed by atoms with E-state index in [1.54, 1.807) is 0 Å². The standard InChI is InChI=1S/C19H16.H3O4P/c1-15-11-13-17(14-12-15)19-10-6-5-9-18(19)16-7-3-2-4-8-16;1-5(2,3)4/h2-14H,1H3;(H3,1,2,3,4). The first kappa shape index (κ1) is 18.1. The van der Waals surface area contributed by atoms with E-state index in [4.69, 9.17) is 19.2 Å². The van der Waals surface area contributed by atoms with E-state index < -0.39 is 7.82 Å². The van der Waals surface area contributed by atoms with Crippen molar-refractivity contribution in [3.63, 3.8) is 0 Å². The molecule has 124 valence electrons. The van der Waals surface area contributed by atoms with Crippen LogP contribution in [0.25, 0.3) is 22.3 Å². The van der Waals surface area contributed by atoms with Crippen LogP contribution in [0, 0.1) is 6.92 Å². The SMILES string of the molecule is Cc1ccc(-c2ccccc2-c2ccccc2)cc1.O=P(O)(O)O. The summed E-state index contributed by atoms with van der Waals surface area (Å²) in [5, 5.41) is 0. The first-order valence-corrected chi connectivity index (χ1v) is 8.91. The number of hydrogen-bond donors (Lipinski definition) is 3. The van der Waals surface area contributed by atoms with Gasteiger partial charge in [0, 0.05) is 0 Å². The van der Waals surface area contributed by atoms with Crippen molar-refractivity contribution >= 4 is 7.82 Å². The maximum Gasteiger partial charge on any atom is 0.466 e. The van der Waals surface area contributed by atoms with Gasteiger partial charge in [0.05, 0.1) is 0 Å². The molecule has 3 rings (SSSR count). The van der Waals surface area contributed by atoms with E-state index in [2.05, 4.69) is 85.8 Å². The summed E-state index contributed by atoms with van der Waals surface area (Å²) >= 11 is 0. The van der Waals surface area contributed by atoms with E-state index >= 15 is 0 Å². The smallest absolute Gasteiger partial charge is 0.303 e. The third-order valence-corrected chi connectivity index (χ3v) is 3.37. The molecule has 0 fully saturated rings. The Balaban J connectivity index is 0.000000368. The molecule has 4 nitrogen and oxygen atoms in total. The van der Waals surface area contributed by atoms with Gasteiger partial charge in [0.15, 0.2) is 0 Å². The zero-order valence-corrected chi connectivity index (χ0v) is 14.1. The fourth-order valence-corrected chi connectivity index (χ4v) is 2.34. The highest BCUT2D eigenvalue weighted by Gasteiger charge is 2.05. The molecule has 3 aromatic rings. The molecule has 5 heteroatoms. The molecule has 0 aliphatic heterocycles. The topological polar surface area (TPSA) is 77.8 Å². The second kappa shape index (κ2) is 8.04. The second-order valence-corrected chi connectivity index (χ2v) is 6.32. The molecule has 0 heterocycles. The van der Waals surface area contributed by atoms with Crippen molar-refractivity contribution in [1.82, 2.24) is 0 Å². The Hall–Kier alpha value is -2.23. The van der Waals surface area contributed by atoms with Gasteiger partial charge in [-0.25, -0.2) is 4.57 Å². The summed E-state index contributed by atoms with van der Waals surface area (Å²) in [4.78, 5) is 21.6. The Morgan fingerprint density at radius 2 is 1.00 bits per heavy atom. The molecule has 0 aliphatic rings. The number of rotatable bonds is 2. The van der Waals surface area contributed by atoms with Gasteiger partial charge in [-0.15, -0.1) is 0 Å². The van der Waals surface area contributed by atoms with Crippen LogP contribution in [0.2, 0.25) is 0 Å². The van der Waals surface area contributed by atoms with Crippen molar-refractivity contribution in [3.8, 4) is 22.3 Å². The predicted molar refractivity (Wildman–Crippen MR) is 96.3 cm³/mol. The van der Waals surface area contributed by atoms with E-state index in [-0.39, 0.29) is 0 Å². The van der Waals surface area contributed by atoms with Crippen molar-refractivity contribution in [2.75, 3.05) is 0 Å². The van der Waals surface area contributed by atoms with Crippen LogP contribution < -0.4 is 0 Å². The maximum atomic E-state index is 8.88. The number of benzene rings is 3. The van der Waals surface area contributed by atoms with Crippen LogP contribution >= 0.6 is 7.82 Å². The van der Waals surface area contributed by atoms with Gasteiger partial charge in [-0.2, -0.15) is 0 Å². The Bertz CT molecular complexity index is 815. The van der Waals surface area contributed by atoms with Crippen LogP contribution in [0.5, 0.6) is 0 Å². The Kier molecular flexibility index (Phi) is 6.07. The van der Waals surface area contributed by atoms with Crippen LogP contribution in [0.15, 0.2) is 78.9 Å². The summed E-state index contributed by atoms with van der Waals surface area (Å²) in [6, 6.07) is 27.8. The van der Waals surface area contributed by atoms with E-state index in [1.807, 2.05) is 0 Å². The molecule has 24 heavy (non-hydrogen) atoms. The van der Waals surface area contributed by atoms with Gasteiger partial charge in [0.1, 0.15) is 0 Å². The molecule has 0 aliphatic carbocycles. The normalized spacial score (nSPS) is 10.7. The molecule has 3 N–H and O–H groups in total. The molecule has 0 atom stereocenters. The monoisotopic (exact) mass is 342 g/mol. The molecule has 0 bridgehead atoms. The number of aryl methyl sites for hydroxylation is 1. The summed E-state index contributed by atoms with van der Waals surface area (Å²) in [6.07, 6.45) is 0. The van der Waals surface area contributed by atoms with Gasteiger partial charge in [-0.3, -0.25) is 0 Å². The highest BCUT2D eigenvalue weighted by atomic mass is 31.2. The van der Waals surface area contributed by atoms with E-state index in [9.17, 15) is 0 Å². The minimum absolute atomic E-state index is 1.26. The average Bonchev–Trinajstić information content (AvgIpc) is 2.55. The van der Waals surface area contributed by atoms with Crippen molar-refractivity contribution in [1.29, 1.82) is 0 Å². The fourth-order valence-electron chi connectivity index (χ4n) is 2.34. The minimum Gasteiger partial charge on any atom is -0.303 e. The second-order valence-electron chi connectivity index (χ2n) is 5.29. The first-order chi connectivity index (χ1) is 11.3. The lowest BCUT2D eigenvalue weighted by molar-refractivity contribution is 0.275. The van der Waals surface area contributed by atoms with Crippen LogP contribution in [0.4, 0.5) is 0 Å². The van der Waals surface area contributed by atoms with Crippen molar-refractivity contribution in [2.24, 2.45) is 0 Å². The maximum absolute atomic E-state index is 8.88. The summed E-state index contributed by atoms with van der Waals surface area (Å²) in [7, 11) is -4.64. The van der Waals surface area contributed by atoms with E-state index in [1.165, 1.54) is 27.8 Å². The number of hydrogen-bond acceptors (Lipinski definition) is 1. The molecule has 0 unspecified atom stereocenters. The lowest BCUT2D eigenvalue weighted by atomic mass is 9.94. The molecular formula is C19H19O4P. The molecule has 0 spiro atoms. The molecule has 0 aromatic heterocycles. The Morgan fingerprint density at radius 3 is 1.46 bits per heavy atom. The van der Waals surface area contributed by atoms with Crippen LogP contribution in [-0.4, -0.2) is 14.7 Å². The Labute approximate surface area is 141 Å². The lowest BCUT2D eigenvalue weighted by Gasteiger charge is -2.10. The lowest BCUT2D eigenvalue weighted by Crippen LogP contribution is -1.84. The van der Waals surface area contributed by atoms with Gasteiger partial charge >= 0.3 is 7.82 Å². The summed E-state index contributed by atoms with van der Waals surface area (Å²) < 4.78 is 8.88. The van der Waals surface area contributed by atoms with Gasteiger partial charge < -0.3 is 14.7 Å². The zero-order valence-electron chi connectivity index (χ0n) is 13.2. The zero-order chi connectivity index (χ0) is 17.6. The third kappa shape index (κ3) is 5.76. The molecule has 0 amide bonds. The van der Waals surface area contributed by atoms with Gasteiger partial charge in [0.2, 0.25) is 0 Å².